The third kappa shape index (κ3) is 3.94. The van der Waals surface area contributed by atoms with Gasteiger partial charge in [-0.15, -0.1) is 11.3 Å². The van der Waals surface area contributed by atoms with Crippen molar-refractivity contribution in [3.05, 3.63) is 54.2 Å². The normalized spacial score (nSPS) is 12.6. The van der Waals surface area contributed by atoms with E-state index < -0.39 is 0 Å². The molecule has 0 spiro atoms. The first-order valence-electron chi connectivity index (χ1n) is 6.36. The highest BCUT2D eigenvalue weighted by Gasteiger charge is 2.18. The molecule has 0 radical (unpaired) electrons. The van der Waals surface area contributed by atoms with Crippen LogP contribution in [-0.2, 0) is 0 Å². The number of rotatable bonds is 5. The van der Waals surface area contributed by atoms with Crippen molar-refractivity contribution in [3.63, 3.8) is 0 Å². The van der Waals surface area contributed by atoms with Crippen LogP contribution in [0.1, 0.15) is 34.7 Å². The molecule has 1 unspecified atom stereocenters. The molecule has 0 aliphatic carbocycles. The van der Waals surface area contributed by atoms with Gasteiger partial charge in [0.05, 0.1) is 6.04 Å². The molecule has 0 aliphatic heterocycles. The third-order valence-corrected chi connectivity index (χ3v) is 5.20. The van der Waals surface area contributed by atoms with Gasteiger partial charge in [-0.1, -0.05) is 18.5 Å². The molecule has 0 aliphatic rings. The summed E-state index contributed by atoms with van der Waals surface area (Å²) in [4.78, 5) is 2.70. The van der Waals surface area contributed by atoms with Crippen molar-refractivity contribution in [1.82, 2.24) is 5.32 Å². The van der Waals surface area contributed by atoms with Crippen LogP contribution < -0.4 is 5.32 Å². The summed E-state index contributed by atoms with van der Waals surface area (Å²) < 4.78 is 1.25. The zero-order valence-corrected chi connectivity index (χ0v) is 14.8. The summed E-state index contributed by atoms with van der Waals surface area (Å²) in [6.45, 7) is 5.34. The first-order valence-corrected chi connectivity index (χ1v) is 8.63. The molecular weight excluding hydrogens is 389 g/mol. The summed E-state index contributed by atoms with van der Waals surface area (Å²) in [5, 5.41) is 4.43. The Morgan fingerprint density at radius 2 is 2.11 bits per heavy atom. The Kier molecular flexibility index (Phi) is 5.69. The molecule has 19 heavy (non-hydrogen) atoms. The molecule has 1 atom stereocenters. The fourth-order valence-corrected chi connectivity index (χ4v) is 3.80. The lowest BCUT2D eigenvalue weighted by atomic mass is 10.1. The minimum Gasteiger partial charge on any atom is -0.306 e. The highest BCUT2D eigenvalue weighted by atomic mass is 127. The van der Waals surface area contributed by atoms with Crippen LogP contribution >= 0.6 is 45.5 Å². The van der Waals surface area contributed by atoms with Crippen molar-refractivity contribution in [3.8, 4) is 0 Å². The second-order valence-electron chi connectivity index (χ2n) is 4.50. The van der Waals surface area contributed by atoms with E-state index in [2.05, 4.69) is 66.0 Å². The molecule has 4 heteroatoms. The Hall–Kier alpha value is -0.100. The van der Waals surface area contributed by atoms with Gasteiger partial charge in [0.1, 0.15) is 0 Å². The second kappa shape index (κ2) is 7.07. The van der Waals surface area contributed by atoms with E-state index in [1.165, 1.54) is 18.9 Å². The van der Waals surface area contributed by atoms with Crippen LogP contribution in [0.5, 0.6) is 0 Å². The summed E-state index contributed by atoms with van der Waals surface area (Å²) in [6, 6.07) is 10.7. The minimum absolute atomic E-state index is 0.240. The van der Waals surface area contributed by atoms with E-state index in [9.17, 15) is 0 Å². The fraction of sp³-hybridized carbons (Fsp3) is 0.333. The van der Waals surface area contributed by atoms with E-state index in [0.29, 0.717) is 0 Å². The van der Waals surface area contributed by atoms with E-state index in [4.69, 9.17) is 11.6 Å². The largest absolute Gasteiger partial charge is 0.306 e. The molecule has 2 rings (SSSR count). The molecule has 0 saturated carbocycles. The van der Waals surface area contributed by atoms with E-state index in [1.54, 1.807) is 0 Å². The van der Waals surface area contributed by atoms with Gasteiger partial charge in [-0.25, -0.2) is 0 Å². The SMILES string of the molecule is CCCNC(c1ccc(C)s1)c1cc(Cl)ccc1I. The van der Waals surface area contributed by atoms with Gasteiger partial charge in [0.15, 0.2) is 0 Å². The number of hydrogen-bond acceptors (Lipinski definition) is 2. The monoisotopic (exact) mass is 405 g/mol. The fourth-order valence-electron chi connectivity index (χ4n) is 2.00. The number of benzene rings is 1. The lowest BCUT2D eigenvalue weighted by Gasteiger charge is -2.19. The lowest BCUT2D eigenvalue weighted by molar-refractivity contribution is 0.604. The number of aryl methyl sites for hydroxylation is 1. The van der Waals surface area contributed by atoms with E-state index in [1.807, 2.05) is 17.4 Å². The van der Waals surface area contributed by atoms with Crippen molar-refractivity contribution in [2.24, 2.45) is 0 Å². The third-order valence-electron chi connectivity index (χ3n) is 2.91. The molecule has 1 heterocycles. The quantitative estimate of drug-likeness (QED) is 0.656. The second-order valence-corrected chi connectivity index (χ2v) is 7.42. The Bertz CT molecular complexity index is 553. The predicted molar refractivity (Wildman–Crippen MR) is 93.4 cm³/mol. The molecule has 1 nitrogen and oxygen atoms in total. The number of hydrogen-bond donors (Lipinski definition) is 1. The molecule has 1 aromatic heterocycles. The molecule has 1 aromatic carbocycles. The van der Waals surface area contributed by atoms with E-state index in [0.717, 1.165) is 18.0 Å². The molecule has 0 saturated heterocycles. The zero-order chi connectivity index (χ0) is 13.8. The van der Waals surface area contributed by atoms with Crippen LogP contribution in [0.15, 0.2) is 30.3 Å². The molecule has 0 amide bonds. The molecular formula is C15H17ClINS. The Morgan fingerprint density at radius 1 is 1.32 bits per heavy atom. The summed E-state index contributed by atoms with van der Waals surface area (Å²) in [6.07, 6.45) is 1.12. The topological polar surface area (TPSA) is 12.0 Å². The van der Waals surface area contributed by atoms with Crippen LogP contribution in [0.2, 0.25) is 5.02 Å². The highest BCUT2D eigenvalue weighted by Crippen LogP contribution is 2.32. The van der Waals surface area contributed by atoms with Crippen molar-refractivity contribution in [2.75, 3.05) is 6.54 Å². The summed E-state index contributed by atoms with van der Waals surface area (Å²) in [7, 11) is 0. The Labute approximate surface area is 137 Å². The minimum atomic E-state index is 0.240. The first kappa shape index (κ1) is 15.3. The maximum atomic E-state index is 6.16. The van der Waals surface area contributed by atoms with Crippen LogP contribution in [0.25, 0.3) is 0 Å². The Morgan fingerprint density at radius 3 is 2.74 bits per heavy atom. The smallest absolute Gasteiger partial charge is 0.0682 e. The van der Waals surface area contributed by atoms with Crippen molar-refractivity contribution in [2.45, 2.75) is 26.3 Å². The van der Waals surface area contributed by atoms with Gasteiger partial charge in [-0.05, 0) is 78.4 Å². The molecule has 1 N–H and O–H groups in total. The van der Waals surface area contributed by atoms with Crippen LogP contribution in [0.4, 0.5) is 0 Å². The van der Waals surface area contributed by atoms with Crippen molar-refractivity contribution >= 4 is 45.5 Å². The summed E-state index contributed by atoms with van der Waals surface area (Å²) >= 11 is 10.4. The van der Waals surface area contributed by atoms with E-state index in [-0.39, 0.29) is 6.04 Å². The predicted octanol–water partition coefficient (Wildman–Crippen LogP) is 5.40. The maximum absolute atomic E-state index is 6.16. The highest BCUT2D eigenvalue weighted by molar-refractivity contribution is 14.1. The average Bonchev–Trinajstić information content (AvgIpc) is 2.80. The Balaban J connectivity index is 2.39. The summed E-state index contributed by atoms with van der Waals surface area (Å²) in [5.74, 6) is 0. The lowest BCUT2D eigenvalue weighted by Crippen LogP contribution is -2.23. The maximum Gasteiger partial charge on any atom is 0.0682 e. The molecule has 0 bridgehead atoms. The average molecular weight is 406 g/mol. The van der Waals surface area contributed by atoms with Gasteiger partial charge in [-0.3, -0.25) is 0 Å². The van der Waals surface area contributed by atoms with Gasteiger partial charge in [-0.2, -0.15) is 0 Å². The van der Waals surface area contributed by atoms with Crippen LogP contribution in [0, 0.1) is 10.5 Å². The number of nitrogens with one attached hydrogen (secondary N) is 1. The number of halogens is 2. The zero-order valence-electron chi connectivity index (χ0n) is 11.0. The van der Waals surface area contributed by atoms with Crippen molar-refractivity contribution in [1.29, 1.82) is 0 Å². The van der Waals surface area contributed by atoms with Crippen molar-refractivity contribution < 1.29 is 0 Å². The van der Waals surface area contributed by atoms with Crippen LogP contribution in [0.3, 0.4) is 0 Å². The van der Waals surface area contributed by atoms with Gasteiger partial charge in [0.25, 0.3) is 0 Å². The first-order chi connectivity index (χ1) is 9.11. The standard InChI is InChI=1S/C15H17ClINS/c1-3-8-18-15(14-7-4-10(2)19-14)12-9-11(16)5-6-13(12)17/h4-7,9,15,18H,3,8H2,1-2H3. The van der Waals surface area contributed by atoms with Gasteiger partial charge in [0, 0.05) is 18.3 Å². The molecule has 102 valence electrons. The molecule has 0 fully saturated rings. The van der Waals surface area contributed by atoms with Gasteiger partial charge >= 0.3 is 0 Å². The summed E-state index contributed by atoms with van der Waals surface area (Å²) in [5.41, 5.74) is 1.27. The van der Waals surface area contributed by atoms with Gasteiger partial charge < -0.3 is 5.32 Å². The van der Waals surface area contributed by atoms with Crippen LogP contribution in [-0.4, -0.2) is 6.54 Å². The van der Waals surface area contributed by atoms with E-state index >= 15 is 0 Å². The van der Waals surface area contributed by atoms with Gasteiger partial charge in [0.2, 0.25) is 0 Å². The molecule has 2 aromatic rings. The number of thiophene rings is 1.